The molecular weight excluding hydrogens is 491 g/mol. The molecule has 8 nitrogen and oxygen atoms in total. The topological polar surface area (TPSA) is 81.5 Å². The van der Waals surface area contributed by atoms with E-state index in [9.17, 15) is 13.6 Å². The van der Waals surface area contributed by atoms with Crippen molar-refractivity contribution in [1.29, 1.82) is 0 Å². The first-order valence-electron chi connectivity index (χ1n) is 10.5. The van der Waals surface area contributed by atoms with Gasteiger partial charge in [-0.1, -0.05) is 23.2 Å². The van der Waals surface area contributed by atoms with Gasteiger partial charge < -0.3 is 14.8 Å². The Morgan fingerprint density at radius 1 is 1.26 bits per heavy atom. The van der Waals surface area contributed by atoms with Crippen LogP contribution in [0.3, 0.4) is 0 Å². The number of halogens is 4. The van der Waals surface area contributed by atoms with Crippen LogP contribution in [0.1, 0.15) is 26.5 Å². The van der Waals surface area contributed by atoms with Gasteiger partial charge in [0.15, 0.2) is 5.75 Å². The average Bonchev–Trinajstić information content (AvgIpc) is 3.03. The summed E-state index contributed by atoms with van der Waals surface area (Å²) in [5.74, 6) is -0.0751. The van der Waals surface area contributed by atoms with Gasteiger partial charge in [0.2, 0.25) is 0 Å². The number of hydrogen-bond donors (Lipinski definition) is 1. The van der Waals surface area contributed by atoms with Gasteiger partial charge in [0.05, 0.1) is 17.3 Å². The van der Waals surface area contributed by atoms with E-state index in [4.69, 9.17) is 27.9 Å². The fourth-order valence-electron chi connectivity index (χ4n) is 3.67. The first-order valence-corrected chi connectivity index (χ1v) is 11.2. The summed E-state index contributed by atoms with van der Waals surface area (Å²) in [5.41, 5.74) is 0.915. The van der Waals surface area contributed by atoms with Gasteiger partial charge in [-0.3, -0.25) is 4.90 Å². The Morgan fingerprint density at radius 2 is 2.00 bits per heavy atom. The molecule has 0 spiro atoms. The number of benzene rings is 1. The van der Waals surface area contributed by atoms with E-state index in [1.807, 2.05) is 0 Å². The normalized spacial score (nSPS) is 14.9. The van der Waals surface area contributed by atoms with E-state index < -0.39 is 18.3 Å². The lowest BCUT2D eigenvalue weighted by Crippen LogP contribution is -2.59. The van der Waals surface area contributed by atoms with Crippen molar-refractivity contribution in [2.24, 2.45) is 0 Å². The fraction of sp³-hybridized carbons (Fsp3) is 0.409. The van der Waals surface area contributed by atoms with Crippen LogP contribution >= 0.6 is 23.2 Å². The van der Waals surface area contributed by atoms with Crippen LogP contribution in [-0.2, 0) is 11.3 Å². The molecule has 0 bridgehead atoms. The molecule has 182 valence electrons. The minimum absolute atomic E-state index is 0.0465. The molecule has 1 aliphatic rings. The van der Waals surface area contributed by atoms with Crippen molar-refractivity contribution in [3.05, 3.63) is 46.3 Å². The molecule has 2 aromatic heterocycles. The van der Waals surface area contributed by atoms with Gasteiger partial charge in [0.1, 0.15) is 16.4 Å². The number of alkyl halides is 2. The van der Waals surface area contributed by atoms with E-state index in [0.29, 0.717) is 41.3 Å². The van der Waals surface area contributed by atoms with E-state index in [2.05, 4.69) is 25.0 Å². The number of likely N-dealkylation sites (tertiary alicyclic amines) is 1. The maximum Gasteiger partial charge on any atom is 0.407 e. The number of alkyl carbamates (subject to hydrolysis) is 1. The van der Waals surface area contributed by atoms with Gasteiger partial charge in [-0.2, -0.15) is 13.9 Å². The van der Waals surface area contributed by atoms with Crippen LogP contribution in [-0.4, -0.2) is 57.1 Å². The number of carbonyl (C=O) groups is 1. The van der Waals surface area contributed by atoms with Gasteiger partial charge in [-0.15, -0.1) is 0 Å². The van der Waals surface area contributed by atoms with Gasteiger partial charge >= 0.3 is 12.7 Å². The number of pyridine rings is 1. The van der Waals surface area contributed by atoms with Gasteiger partial charge in [0.25, 0.3) is 0 Å². The summed E-state index contributed by atoms with van der Waals surface area (Å²) in [4.78, 5) is 18.2. The lowest BCUT2D eigenvalue weighted by molar-refractivity contribution is -0.0498. The molecule has 0 saturated carbocycles. The van der Waals surface area contributed by atoms with Crippen molar-refractivity contribution in [3.8, 4) is 11.4 Å². The number of hydrogen-bond acceptors (Lipinski definition) is 6. The number of amides is 1. The van der Waals surface area contributed by atoms with E-state index in [1.54, 1.807) is 33.0 Å². The monoisotopic (exact) mass is 513 g/mol. The molecule has 1 saturated heterocycles. The number of carbonyl (C=O) groups excluding carboxylic acids is 1. The zero-order chi connectivity index (χ0) is 24.6. The van der Waals surface area contributed by atoms with Crippen molar-refractivity contribution in [2.75, 3.05) is 13.1 Å². The highest BCUT2D eigenvalue weighted by Crippen LogP contribution is 2.32. The minimum atomic E-state index is -3.01. The maximum atomic E-state index is 13.0. The summed E-state index contributed by atoms with van der Waals surface area (Å²) in [6.07, 6.45) is 1.13. The Kier molecular flexibility index (Phi) is 6.84. The standard InChI is InChI=1S/C22H23Cl2F2N5O3/c1-22(2,3)34-21(32)28-13-9-30(10-13)11-15-14-8-27-19(24)7-16(14)31(29-15)17-6-12(23)4-5-18(17)33-20(25)26/h4-8,13,20H,9-11H2,1-3H3,(H,28,32). The van der Waals surface area contributed by atoms with Crippen molar-refractivity contribution >= 4 is 40.2 Å². The lowest BCUT2D eigenvalue weighted by atomic mass is 10.1. The van der Waals surface area contributed by atoms with Gasteiger partial charge in [0, 0.05) is 42.3 Å². The molecule has 12 heteroatoms. The fourth-order valence-corrected chi connectivity index (χ4v) is 3.99. The summed E-state index contributed by atoms with van der Waals surface area (Å²) >= 11 is 12.2. The van der Waals surface area contributed by atoms with Crippen LogP contribution in [0.5, 0.6) is 5.75 Å². The predicted molar refractivity (Wildman–Crippen MR) is 124 cm³/mol. The Morgan fingerprint density at radius 3 is 2.68 bits per heavy atom. The van der Waals surface area contributed by atoms with E-state index in [1.165, 1.54) is 22.9 Å². The number of rotatable bonds is 6. The zero-order valence-corrected chi connectivity index (χ0v) is 20.2. The molecule has 1 amide bonds. The van der Waals surface area contributed by atoms with Crippen LogP contribution in [0.25, 0.3) is 16.6 Å². The molecule has 1 N–H and O–H groups in total. The van der Waals surface area contributed by atoms with E-state index in [-0.39, 0.29) is 22.6 Å². The predicted octanol–water partition coefficient (Wildman–Crippen LogP) is 5.04. The van der Waals surface area contributed by atoms with Crippen molar-refractivity contribution in [2.45, 2.75) is 45.6 Å². The van der Waals surface area contributed by atoms with Crippen molar-refractivity contribution in [3.63, 3.8) is 0 Å². The third-order valence-corrected chi connectivity index (χ3v) is 5.47. The second-order valence-corrected chi connectivity index (χ2v) is 9.73. The molecule has 3 heterocycles. The first kappa shape index (κ1) is 24.4. The van der Waals surface area contributed by atoms with Crippen molar-refractivity contribution in [1.82, 2.24) is 25.0 Å². The molecule has 0 unspecified atom stereocenters. The smallest absolute Gasteiger partial charge is 0.407 e. The molecule has 34 heavy (non-hydrogen) atoms. The number of nitrogens with one attached hydrogen (secondary N) is 1. The second kappa shape index (κ2) is 9.52. The van der Waals surface area contributed by atoms with Crippen LogP contribution in [0.2, 0.25) is 10.2 Å². The summed E-state index contributed by atoms with van der Waals surface area (Å²) < 4.78 is 37.4. The highest BCUT2D eigenvalue weighted by molar-refractivity contribution is 6.31. The highest BCUT2D eigenvalue weighted by Gasteiger charge is 2.31. The molecule has 0 atom stereocenters. The van der Waals surface area contributed by atoms with Crippen LogP contribution < -0.4 is 10.1 Å². The summed E-state index contributed by atoms with van der Waals surface area (Å²) in [7, 11) is 0. The molecule has 4 rings (SSSR count). The van der Waals surface area contributed by atoms with E-state index in [0.717, 1.165) is 0 Å². The number of ether oxygens (including phenoxy) is 2. The van der Waals surface area contributed by atoms with Crippen LogP contribution in [0.15, 0.2) is 30.5 Å². The number of aromatic nitrogens is 3. The number of fused-ring (bicyclic) bond motifs is 1. The van der Waals surface area contributed by atoms with Crippen LogP contribution in [0.4, 0.5) is 13.6 Å². The maximum absolute atomic E-state index is 13.0. The molecular formula is C22H23Cl2F2N5O3. The summed E-state index contributed by atoms with van der Waals surface area (Å²) in [6, 6.07) is 5.87. The molecule has 0 aliphatic carbocycles. The molecule has 0 radical (unpaired) electrons. The Labute approximate surface area is 204 Å². The lowest BCUT2D eigenvalue weighted by Gasteiger charge is -2.39. The Bertz CT molecular complexity index is 1210. The molecule has 1 fully saturated rings. The number of nitrogens with zero attached hydrogens (tertiary/aromatic N) is 4. The quantitative estimate of drug-likeness (QED) is 0.465. The Balaban J connectivity index is 1.57. The largest absolute Gasteiger partial charge is 0.444 e. The van der Waals surface area contributed by atoms with E-state index >= 15 is 0 Å². The molecule has 1 aromatic carbocycles. The summed E-state index contributed by atoms with van der Waals surface area (Å²) in [6.45, 7) is 4.06. The minimum Gasteiger partial charge on any atom is -0.444 e. The Hall–Kier alpha value is -2.69. The third kappa shape index (κ3) is 5.68. The highest BCUT2D eigenvalue weighted by atomic mass is 35.5. The van der Waals surface area contributed by atoms with Gasteiger partial charge in [-0.25, -0.2) is 14.5 Å². The molecule has 1 aliphatic heterocycles. The summed E-state index contributed by atoms with van der Waals surface area (Å²) in [5, 5.41) is 8.75. The molecule has 3 aromatic rings. The zero-order valence-electron chi connectivity index (χ0n) is 18.7. The average molecular weight is 514 g/mol. The van der Waals surface area contributed by atoms with Crippen LogP contribution in [0, 0.1) is 0 Å². The van der Waals surface area contributed by atoms with Crippen molar-refractivity contribution < 1.29 is 23.0 Å². The first-order chi connectivity index (χ1) is 16.0. The second-order valence-electron chi connectivity index (χ2n) is 8.91. The third-order valence-electron chi connectivity index (χ3n) is 5.03. The van der Waals surface area contributed by atoms with Gasteiger partial charge in [-0.05, 0) is 39.0 Å². The SMILES string of the molecule is CC(C)(C)OC(=O)NC1CN(Cc2nn(-c3cc(Cl)ccc3OC(F)F)c3cc(Cl)ncc23)C1.